The molecule has 0 radical (unpaired) electrons. The highest BCUT2D eigenvalue weighted by molar-refractivity contribution is 5.94. The number of furan rings is 1. The third kappa shape index (κ3) is 6.81. The number of rotatable bonds is 9. The van der Waals surface area contributed by atoms with Crippen LogP contribution in [-0.4, -0.2) is 37.7 Å². The largest absolute Gasteiger partial charge is 0.465 e. The zero-order chi connectivity index (χ0) is 19.5. The third-order valence-electron chi connectivity index (χ3n) is 3.79. The maximum absolute atomic E-state index is 11.7. The monoisotopic (exact) mass is 368 g/mol. The minimum atomic E-state index is -0.411. The van der Waals surface area contributed by atoms with Crippen LogP contribution in [0.15, 0.2) is 58.3 Å². The van der Waals surface area contributed by atoms with Crippen LogP contribution in [0.5, 0.6) is 0 Å². The Morgan fingerprint density at radius 3 is 2.52 bits per heavy atom. The molecular formula is C20H24N4O3. The zero-order valence-electron chi connectivity index (χ0n) is 15.5. The van der Waals surface area contributed by atoms with E-state index in [1.54, 1.807) is 18.3 Å². The second kappa shape index (κ2) is 10.6. The topological polar surface area (TPSA) is 86.9 Å². The number of amides is 2. The number of hydrogen-bond donors (Lipinski definition) is 2. The molecule has 2 N–H and O–H groups in total. The first kappa shape index (κ1) is 20.0. The van der Waals surface area contributed by atoms with E-state index < -0.39 is 11.8 Å². The molecule has 2 amide bonds. The molecule has 0 aliphatic carbocycles. The van der Waals surface area contributed by atoms with Crippen LogP contribution in [0.3, 0.4) is 0 Å². The van der Waals surface area contributed by atoms with Gasteiger partial charge in [-0.3, -0.25) is 9.59 Å². The molecule has 0 bridgehead atoms. The Hall–Kier alpha value is -3.35. The molecule has 142 valence electrons. The van der Waals surface area contributed by atoms with Gasteiger partial charge in [0.05, 0.1) is 19.0 Å². The van der Waals surface area contributed by atoms with Gasteiger partial charge in [-0.2, -0.15) is 5.10 Å². The summed E-state index contributed by atoms with van der Waals surface area (Å²) in [6.07, 6.45) is 5.89. The number of carbonyl (C=O) groups is 2. The third-order valence-corrected chi connectivity index (χ3v) is 3.79. The lowest BCUT2D eigenvalue weighted by molar-refractivity contribution is -0.123. The lowest BCUT2D eigenvalue weighted by Gasteiger charge is -2.20. The Morgan fingerprint density at radius 1 is 1.15 bits per heavy atom. The molecular weight excluding hydrogens is 344 g/mol. The highest BCUT2D eigenvalue weighted by atomic mass is 16.3. The molecule has 0 atom stereocenters. The first-order chi connectivity index (χ1) is 13.1. The highest BCUT2D eigenvalue weighted by Crippen LogP contribution is 2.13. The summed E-state index contributed by atoms with van der Waals surface area (Å²) in [5, 5.41) is 6.37. The SMILES string of the molecule is CCN(CC)c1ccc(/C=N/NC(=O)CNC(=O)/C=C/c2ccco2)cc1. The number of hydrazone groups is 1. The van der Waals surface area contributed by atoms with Crippen LogP contribution >= 0.6 is 0 Å². The Morgan fingerprint density at radius 2 is 1.89 bits per heavy atom. The van der Waals surface area contributed by atoms with E-state index in [0.717, 1.165) is 24.3 Å². The first-order valence-corrected chi connectivity index (χ1v) is 8.78. The van der Waals surface area contributed by atoms with Gasteiger partial charge in [0, 0.05) is 24.9 Å². The second-order valence-corrected chi connectivity index (χ2v) is 5.62. The molecule has 7 heteroatoms. The number of anilines is 1. The summed E-state index contributed by atoms with van der Waals surface area (Å²) < 4.78 is 5.07. The van der Waals surface area contributed by atoms with Crippen molar-refractivity contribution in [1.82, 2.24) is 10.7 Å². The fourth-order valence-electron chi connectivity index (χ4n) is 2.35. The average molecular weight is 368 g/mol. The Labute approximate surface area is 158 Å². The smallest absolute Gasteiger partial charge is 0.259 e. The van der Waals surface area contributed by atoms with E-state index in [-0.39, 0.29) is 6.54 Å². The molecule has 1 aromatic carbocycles. The van der Waals surface area contributed by atoms with Gasteiger partial charge in [-0.15, -0.1) is 0 Å². The van der Waals surface area contributed by atoms with E-state index in [1.807, 2.05) is 24.3 Å². The number of carbonyl (C=O) groups excluding carboxylic acids is 2. The minimum Gasteiger partial charge on any atom is -0.465 e. The summed E-state index contributed by atoms with van der Waals surface area (Å²) in [5.74, 6) is -0.241. The predicted molar refractivity (Wildman–Crippen MR) is 106 cm³/mol. The van der Waals surface area contributed by atoms with Crippen molar-refractivity contribution in [2.24, 2.45) is 5.10 Å². The number of hydrogen-bond acceptors (Lipinski definition) is 5. The maximum atomic E-state index is 11.7. The van der Waals surface area contributed by atoms with Gasteiger partial charge in [0.15, 0.2) is 0 Å². The minimum absolute atomic E-state index is 0.167. The van der Waals surface area contributed by atoms with E-state index in [0.29, 0.717) is 5.76 Å². The van der Waals surface area contributed by atoms with Crippen molar-refractivity contribution in [2.45, 2.75) is 13.8 Å². The summed E-state index contributed by atoms with van der Waals surface area (Å²) in [6, 6.07) is 11.3. The first-order valence-electron chi connectivity index (χ1n) is 8.78. The number of benzene rings is 1. The Kier molecular flexibility index (Phi) is 7.84. The Balaban J connectivity index is 1.73. The molecule has 1 aromatic heterocycles. The number of nitrogens with zero attached hydrogens (tertiary/aromatic N) is 2. The van der Waals surface area contributed by atoms with E-state index >= 15 is 0 Å². The van der Waals surface area contributed by atoms with Crippen molar-refractivity contribution in [3.8, 4) is 0 Å². The van der Waals surface area contributed by atoms with Crippen molar-refractivity contribution >= 4 is 29.8 Å². The molecule has 0 aliphatic rings. The molecule has 0 saturated carbocycles. The standard InChI is InChI=1S/C20H24N4O3/c1-3-24(4-2)17-9-7-16(8-10-17)14-22-23-20(26)15-21-19(25)12-11-18-6-5-13-27-18/h5-14H,3-4,15H2,1-2H3,(H,21,25)(H,23,26)/b12-11+,22-14+. The van der Waals surface area contributed by atoms with E-state index in [9.17, 15) is 9.59 Å². The van der Waals surface area contributed by atoms with E-state index in [1.165, 1.54) is 18.4 Å². The molecule has 27 heavy (non-hydrogen) atoms. The van der Waals surface area contributed by atoms with Gasteiger partial charge in [0.2, 0.25) is 5.91 Å². The summed E-state index contributed by atoms with van der Waals surface area (Å²) in [4.78, 5) is 25.6. The quantitative estimate of drug-likeness (QED) is 0.404. The van der Waals surface area contributed by atoms with Gasteiger partial charge >= 0.3 is 0 Å². The van der Waals surface area contributed by atoms with Gasteiger partial charge in [-0.05, 0) is 49.8 Å². The van der Waals surface area contributed by atoms with Crippen molar-refractivity contribution in [1.29, 1.82) is 0 Å². The predicted octanol–water partition coefficient (Wildman–Crippen LogP) is 2.41. The summed E-state index contributed by atoms with van der Waals surface area (Å²) >= 11 is 0. The van der Waals surface area contributed by atoms with Crippen LogP contribution in [-0.2, 0) is 9.59 Å². The van der Waals surface area contributed by atoms with Gasteiger partial charge in [0.1, 0.15) is 5.76 Å². The molecule has 1 heterocycles. The molecule has 7 nitrogen and oxygen atoms in total. The lowest BCUT2D eigenvalue weighted by Crippen LogP contribution is -2.34. The van der Waals surface area contributed by atoms with Gasteiger partial charge < -0.3 is 14.6 Å². The number of nitrogens with one attached hydrogen (secondary N) is 2. The lowest BCUT2D eigenvalue weighted by atomic mass is 10.2. The summed E-state index contributed by atoms with van der Waals surface area (Å²) in [5.41, 5.74) is 4.40. The van der Waals surface area contributed by atoms with Crippen molar-refractivity contribution in [3.63, 3.8) is 0 Å². The van der Waals surface area contributed by atoms with Gasteiger partial charge in [-0.25, -0.2) is 5.43 Å². The second-order valence-electron chi connectivity index (χ2n) is 5.62. The fourth-order valence-corrected chi connectivity index (χ4v) is 2.35. The summed E-state index contributed by atoms with van der Waals surface area (Å²) in [6.45, 7) is 5.95. The normalized spacial score (nSPS) is 11.0. The van der Waals surface area contributed by atoms with Crippen molar-refractivity contribution in [2.75, 3.05) is 24.5 Å². The Bertz CT molecular complexity index is 776. The zero-order valence-corrected chi connectivity index (χ0v) is 15.5. The summed E-state index contributed by atoms with van der Waals surface area (Å²) in [7, 11) is 0. The molecule has 0 unspecified atom stereocenters. The maximum Gasteiger partial charge on any atom is 0.259 e. The molecule has 2 aromatic rings. The molecule has 0 saturated heterocycles. The molecule has 2 rings (SSSR count). The van der Waals surface area contributed by atoms with E-state index in [4.69, 9.17) is 4.42 Å². The molecule has 0 aliphatic heterocycles. The van der Waals surface area contributed by atoms with Crippen LogP contribution in [0.2, 0.25) is 0 Å². The molecule has 0 spiro atoms. The van der Waals surface area contributed by atoms with Crippen LogP contribution in [0, 0.1) is 0 Å². The van der Waals surface area contributed by atoms with Crippen LogP contribution in [0.25, 0.3) is 6.08 Å². The molecule has 0 fully saturated rings. The van der Waals surface area contributed by atoms with Crippen molar-refractivity contribution < 1.29 is 14.0 Å². The highest BCUT2D eigenvalue weighted by Gasteiger charge is 2.03. The van der Waals surface area contributed by atoms with Gasteiger partial charge in [-0.1, -0.05) is 12.1 Å². The van der Waals surface area contributed by atoms with Crippen LogP contribution in [0.1, 0.15) is 25.2 Å². The van der Waals surface area contributed by atoms with E-state index in [2.05, 4.69) is 34.6 Å². The average Bonchev–Trinajstić information content (AvgIpc) is 3.20. The van der Waals surface area contributed by atoms with Crippen molar-refractivity contribution in [3.05, 3.63) is 60.1 Å². The van der Waals surface area contributed by atoms with Crippen LogP contribution in [0.4, 0.5) is 5.69 Å². The van der Waals surface area contributed by atoms with Crippen LogP contribution < -0.4 is 15.6 Å². The fraction of sp³-hybridized carbons (Fsp3) is 0.250. The van der Waals surface area contributed by atoms with Gasteiger partial charge in [0.25, 0.3) is 5.91 Å².